The molecular weight excluding hydrogens is 685 g/mol. The summed E-state index contributed by atoms with van der Waals surface area (Å²) in [6.45, 7) is 7.63. The average molecular weight is 741 g/mol. The zero-order valence-electron chi connectivity index (χ0n) is 27.2. The van der Waals surface area contributed by atoms with Crippen molar-refractivity contribution in [2.45, 2.75) is 132 Å². The van der Waals surface area contributed by atoms with Gasteiger partial charge in [0.2, 0.25) is 0 Å². The Morgan fingerprint density at radius 2 is 1.89 bits per heavy atom. The number of nitrogens with one attached hydrogen (secondary N) is 1. The SMILES string of the molecule is C#CC[C@H](O)[C@H](O)C(CC1CCCCC1)NC(=O)[C@H](CC)[I-]C(=O)[C@H](CC1=CC2=CCCCC2C=C1)CS(=C)(=O)C(C)(C)C. The molecule has 0 aromatic rings. The van der Waals surface area contributed by atoms with Crippen LogP contribution >= 0.6 is 0 Å². The number of carbonyl (C=O) groups is 2. The van der Waals surface area contributed by atoms with Gasteiger partial charge in [0.1, 0.15) is 0 Å². The molecule has 6 nitrogen and oxygen atoms in total. The molecule has 3 rings (SSSR count). The summed E-state index contributed by atoms with van der Waals surface area (Å²) in [5.41, 5.74) is 2.37. The van der Waals surface area contributed by atoms with E-state index in [9.17, 15) is 24.0 Å². The molecule has 1 saturated carbocycles. The number of allylic oxidation sites excluding steroid dienone is 6. The van der Waals surface area contributed by atoms with Gasteiger partial charge < -0.3 is 0 Å². The minimum absolute atomic E-state index is 0.00254. The number of hydrogen-bond acceptors (Lipinski definition) is 5. The Morgan fingerprint density at radius 3 is 2.52 bits per heavy atom. The zero-order valence-corrected chi connectivity index (χ0v) is 30.2. The Balaban J connectivity index is 1.78. The fourth-order valence-electron chi connectivity index (χ4n) is 6.37. The number of halogens is 1. The number of aliphatic hydroxyl groups excluding tert-OH is 2. The van der Waals surface area contributed by atoms with Gasteiger partial charge in [0.15, 0.2) is 0 Å². The summed E-state index contributed by atoms with van der Waals surface area (Å²) in [4.78, 5) is 27.7. The summed E-state index contributed by atoms with van der Waals surface area (Å²) in [7, 11) is -2.59. The molecule has 1 fully saturated rings. The predicted octanol–water partition coefficient (Wildman–Crippen LogP) is 2.32. The predicted molar refractivity (Wildman–Crippen MR) is 178 cm³/mol. The van der Waals surface area contributed by atoms with E-state index in [1.165, 1.54) is 18.4 Å². The summed E-state index contributed by atoms with van der Waals surface area (Å²) >= 11 is -1.26. The molecule has 0 heterocycles. The van der Waals surface area contributed by atoms with E-state index >= 15 is 0 Å². The summed E-state index contributed by atoms with van der Waals surface area (Å²) < 4.78 is 12.7. The second-order valence-electron chi connectivity index (χ2n) is 13.9. The molecule has 3 aliphatic carbocycles. The Labute approximate surface area is 277 Å². The summed E-state index contributed by atoms with van der Waals surface area (Å²) in [6, 6.07) is -0.633. The van der Waals surface area contributed by atoms with Crippen molar-refractivity contribution in [3.05, 3.63) is 35.5 Å². The van der Waals surface area contributed by atoms with Gasteiger partial charge in [0.05, 0.1) is 0 Å². The molecule has 7 atom stereocenters. The van der Waals surface area contributed by atoms with Gasteiger partial charge in [-0.2, -0.15) is 0 Å². The van der Waals surface area contributed by atoms with Crippen LogP contribution in [0.2, 0.25) is 0 Å². The van der Waals surface area contributed by atoms with Crippen molar-refractivity contribution >= 4 is 25.1 Å². The van der Waals surface area contributed by atoms with E-state index in [-0.39, 0.29) is 21.9 Å². The van der Waals surface area contributed by atoms with Gasteiger partial charge in [-0.15, -0.1) is 0 Å². The molecule has 1 amide bonds. The first-order valence-corrected chi connectivity index (χ1v) is 20.7. The summed E-state index contributed by atoms with van der Waals surface area (Å²) in [5.74, 6) is 6.77. The molecule has 44 heavy (non-hydrogen) atoms. The number of rotatable bonds is 15. The number of aliphatic hydroxyl groups is 2. The van der Waals surface area contributed by atoms with Crippen LogP contribution in [0.15, 0.2) is 35.5 Å². The molecule has 0 spiro atoms. The van der Waals surface area contributed by atoms with E-state index < -0.39 is 63.6 Å². The molecule has 0 radical (unpaired) electrons. The molecule has 248 valence electrons. The van der Waals surface area contributed by atoms with E-state index in [4.69, 9.17) is 6.42 Å². The second kappa shape index (κ2) is 16.9. The molecular formula is C36H55INO5S-. The van der Waals surface area contributed by atoms with Crippen LogP contribution in [-0.4, -0.2) is 62.7 Å². The van der Waals surface area contributed by atoms with E-state index in [0.29, 0.717) is 31.1 Å². The van der Waals surface area contributed by atoms with E-state index in [1.807, 2.05) is 27.7 Å². The summed E-state index contributed by atoms with van der Waals surface area (Å²) in [6.07, 6.45) is 22.4. The molecule has 0 aliphatic heterocycles. The number of alkyl halides is 1. The van der Waals surface area contributed by atoms with Crippen molar-refractivity contribution < 1.29 is 45.2 Å². The minimum atomic E-state index is -2.59. The Kier molecular flexibility index (Phi) is 14.3. The van der Waals surface area contributed by atoms with Crippen LogP contribution in [-0.2, 0) is 19.1 Å². The van der Waals surface area contributed by atoms with Crippen molar-refractivity contribution in [3.63, 3.8) is 0 Å². The monoisotopic (exact) mass is 740 g/mol. The topological polar surface area (TPSA) is 104 Å². The van der Waals surface area contributed by atoms with Gasteiger partial charge in [-0.05, 0) is 0 Å². The van der Waals surface area contributed by atoms with Crippen LogP contribution in [0.5, 0.6) is 0 Å². The van der Waals surface area contributed by atoms with Gasteiger partial charge in [-0.25, -0.2) is 0 Å². The second-order valence-corrected chi connectivity index (χ2v) is 20.3. The molecule has 3 aliphatic rings. The standard InChI is InChI=1S/C36H55INO5S/c1-7-14-32(39)33(40)31(23-25-15-10-9-11-16-25)38-35(42)30(8-2)37-34(41)29(24-44(6,43)36(3,4)5)22-26-19-20-27-17-12-13-18-28(27)21-26/h1,18-21,25,27,29-33,39-40H,6,8-17,22-24H2,2-5H3,(H,38,42)/q-1/t27?,29-,30+,31?,32+,33-,44?/m1/s1. The van der Waals surface area contributed by atoms with Gasteiger partial charge in [0, 0.05) is 0 Å². The normalized spacial score (nSPS) is 24.0. The van der Waals surface area contributed by atoms with E-state index in [1.54, 1.807) is 0 Å². The molecule has 3 N–H and O–H groups in total. The number of carbonyl (C=O) groups excluding carboxylic acids is 2. The third-order valence-corrected chi connectivity index (χ3v) is 16.3. The van der Waals surface area contributed by atoms with Crippen LogP contribution < -0.4 is 26.5 Å². The molecule has 0 bridgehead atoms. The van der Waals surface area contributed by atoms with Gasteiger partial charge in [-0.3, -0.25) is 0 Å². The molecule has 0 saturated heterocycles. The van der Waals surface area contributed by atoms with Crippen LogP contribution in [0.3, 0.4) is 0 Å². The van der Waals surface area contributed by atoms with Crippen molar-refractivity contribution in [3.8, 4) is 12.3 Å². The first-order valence-electron chi connectivity index (χ1n) is 16.5. The fourth-order valence-corrected chi connectivity index (χ4v) is 10.7. The molecule has 0 aromatic carbocycles. The Morgan fingerprint density at radius 1 is 1.18 bits per heavy atom. The van der Waals surface area contributed by atoms with E-state index in [0.717, 1.165) is 44.1 Å². The number of terminal acetylenes is 1. The third kappa shape index (κ3) is 10.6. The van der Waals surface area contributed by atoms with Crippen molar-refractivity contribution in [2.24, 2.45) is 17.8 Å². The first kappa shape index (κ1) is 37.1. The number of hydrogen-bond donors (Lipinski definition) is 3. The molecule has 8 heteroatoms. The third-order valence-electron chi connectivity index (χ3n) is 9.47. The Hall–Kier alpha value is -1.41. The maximum atomic E-state index is 14.0. The first-order chi connectivity index (χ1) is 20.8. The van der Waals surface area contributed by atoms with Gasteiger partial charge in [-0.1, -0.05) is 0 Å². The van der Waals surface area contributed by atoms with Crippen molar-refractivity contribution in [1.82, 2.24) is 5.32 Å². The van der Waals surface area contributed by atoms with Crippen LogP contribution in [0, 0.1) is 30.1 Å². The Bertz CT molecular complexity index is 1230. The number of fused-ring (bicyclic) bond motifs is 1. The number of amides is 1. The van der Waals surface area contributed by atoms with Crippen LogP contribution in [0.1, 0.15) is 105 Å². The van der Waals surface area contributed by atoms with Crippen LogP contribution in [0.25, 0.3) is 0 Å². The van der Waals surface area contributed by atoms with Crippen molar-refractivity contribution in [2.75, 3.05) is 5.75 Å². The molecule has 3 unspecified atom stereocenters. The van der Waals surface area contributed by atoms with Crippen LogP contribution in [0.4, 0.5) is 0 Å². The fraction of sp³-hybridized carbons (Fsp3) is 0.694. The van der Waals surface area contributed by atoms with Gasteiger partial charge >= 0.3 is 279 Å². The summed E-state index contributed by atoms with van der Waals surface area (Å²) in [5, 5.41) is 24.6. The van der Waals surface area contributed by atoms with Gasteiger partial charge in [0.25, 0.3) is 0 Å². The maximum absolute atomic E-state index is 14.0. The quantitative estimate of drug-likeness (QED) is 0.0788. The zero-order chi connectivity index (χ0) is 32.5. The molecule has 0 aromatic heterocycles. The van der Waals surface area contributed by atoms with Crippen molar-refractivity contribution in [1.29, 1.82) is 0 Å². The van der Waals surface area contributed by atoms with E-state index in [2.05, 4.69) is 41.4 Å². The average Bonchev–Trinajstić information content (AvgIpc) is 2.98.